The Labute approximate surface area is 115 Å². The third kappa shape index (κ3) is 2.12. The average Bonchev–Trinajstić information content (AvgIpc) is 2.99. The largest absolute Gasteiger partial charge is 0.374 e. The average molecular weight is 261 g/mol. The van der Waals surface area contributed by atoms with Crippen LogP contribution < -0.4 is 5.32 Å². The third-order valence-corrected chi connectivity index (χ3v) is 4.41. The zero-order valence-electron chi connectivity index (χ0n) is 12.2. The molecular formula is C15H23N3O. The molecule has 104 valence electrons. The molecule has 2 bridgehead atoms. The number of rotatable bonds is 3. The standard InChI is InChI=1S/C15H23N3O/c1-8(2)13-9(3)17-14(18-15(13)16-4)11-7-10-5-6-12(11)19-10/h8,10-12H,5-7H2,1-4H3,(H,16,17,18). The Morgan fingerprint density at radius 2 is 2.05 bits per heavy atom. The lowest BCUT2D eigenvalue weighted by Crippen LogP contribution is -2.19. The van der Waals surface area contributed by atoms with Crippen LogP contribution in [0.25, 0.3) is 0 Å². The van der Waals surface area contributed by atoms with Gasteiger partial charge in [-0.05, 0) is 32.1 Å². The fourth-order valence-corrected chi connectivity index (χ4v) is 3.56. The first kappa shape index (κ1) is 12.9. The highest BCUT2D eigenvalue weighted by molar-refractivity contribution is 5.48. The molecule has 2 aliphatic heterocycles. The van der Waals surface area contributed by atoms with Crippen LogP contribution in [0, 0.1) is 6.92 Å². The van der Waals surface area contributed by atoms with E-state index in [2.05, 4.69) is 26.1 Å². The maximum atomic E-state index is 5.93. The summed E-state index contributed by atoms with van der Waals surface area (Å²) in [6.45, 7) is 6.47. The van der Waals surface area contributed by atoms with E-state index >= 15 is 0 Å². The number of aromatic nitrogens is 2. The van der Waals surface area contributed by atoms with Gasteiger partial charge in [-0.15, -0.1) is 0 Å². The highest BCUT2D eigenvalue weighted by Gasteiger charge is 2.43. The van der Waals surface area contributed by atoms with Crippen molar-refractivity contribution in [2.24, 2.45) is 0 Å². The van der Waals surface area contributed by atoms with Crippen molar-refractivity contribution in [1.29, 1.82) is 0 Å². The van der Waals surface area contributed by atoms with E-state index in [9.17, 15) is 0 Å². The van der Waals surface area contributed by atoms with E-state index in [-0.39, 0.29) is 0 Å². The lowest BCUT2D eigenvalue weighted by atomic mass is 9.88. The summed E-state index contributed by atoms with van der Waals surface area (Å²) in [6, 6.07) is 0. The molecule has 1 aromatic rings. The molecule has 0 radical (unpaired) electrons. The molecule has 2 saturated heterocycles. The maximum absolute atomic E-state index is 5.93. The molecule has 0 saturated carbocycles. The van der Waals surface area contributed by atoms with Crippen molar-refractivity contribution < 1.29 is 4.74 Å². The number of hydrogen-bond donors (Lipinski definition) is 1. The minimum atomic E-state index is 0.346. The summed E-state index contributed by atoms with van der Waals surface area (Å²) in [6.07, 6.45) is 4.26. The minimum absolute atomic E-state index is 0.346. The Hall–Kier alpha value is -1.16. The Kier molecular flexibility index (Phi) is 3.21. The van der Waals surface area contributed by atoms with Gasteiger partial charge in [0.2, 0.25) is 0 Å². The van der Waals surface area contributed by atoms with Crippen molar-refractivity contribution in [3.63, 3.8) is 0 Å². The highest BCUT2D eigenvalue weighted by Crippen LogP contribution is 2.44. The topological polar surface area (TPSA) is 47.0 Å². The molecule has 2 fully saturated rings. The lowest BCUT2D eigenvalue weighted by molar-refractivity contribution is 0.0998. The molecule has 1 N–H and O–H groups in total. The van der Waals surface area contributed by atoms with Crippen molar-refractivity contribution in [2.75, 3.05) is 12.4 Å². The first-order valence-electron chi connectivity index (χ1n) is 7.31. The summed E-state index contributed by atoms with van der Waals surface area (Å²) in [5.74, 6) is 2.79. The minimum Gasteiger partial charge on any atom is -0.374 e. The van der Waals surface area contributed by atoms with Crippen molar-refractivity contribution in [3.8, 4) is 0 Å². The van der Waals surface area contributed by atoms with Gasteiger partial charge < -0.3 is 10.1 Å². The molecule has 19 heavy (non-hydrogen) atoms. The Bertz CT molecular complexity index is 487. The quantitative estimate of drug-likeness (QED) is 0.908. The van der Waals surface area contributed by atoms with E-state index in [1.807, 2.05) is 7.05 Å². The predicted octanol–water partition coefficient (Wildman–Crippen LogP) is 2.99. The second-order valence-electron chi connectivity index (χ2n) is 6.05. The Balaban J connectivity index is 1.97. The highest BCUT2D eigenvalue weighted by atomic mass is 16.5. The molecule has 1 aromatic heterocycles. The molecule has 3 unspecified atom stereocenters. The van der Waals surface area contributed by atoms with Crippen LogP contribution in [0.2, 0.25) is 0 Å². The predicted molar refractivity (Wildman–Crippen MR) is 75.7 cm³/mol. The van der Waals surface area contributed by atoms with Crippen molar-refractivity contribution >= 4 is 5.82 Å². The molecule has 3 atom stereocenters. The number of nitrogens with zero attached hydrogens (tertiary/aromatic N) is 2. The monoisotopic (exact) mass is 261 g/mol. The van der Waals surface area contributed by atoms with Crippen LogP contribution >= 0.6 is 0 Å². The zero-order valence-corrected chi connectivity index (χ0v) is 12.2. The van der Waals surface area contributed by atoms with Gasteiger partial charge in [-0.25, -0.2) is 9.97 Å². The van der Waals surface area contributed by atoms with Crippen molar-refractivity contribution in [1.82, 2.24) is 9.97 Å². The number of ether oxygens (including phenoxy) is 1. The molecule has 4 heteroatoms. The van der Waals surface area contributed by atoms with Gasteiger partial charge in [-0.1, -0.05) is 13.8 Å². The summed E-state index contributed by atoms with van der Waals surface area (Å²) in [5, 5.41) is 3.23. The summed E-state index contributed by atoms with van der Waals surface area (Å²) >= 11 is 0. The van der Waals surface area contributed by atoms with Crippen LogP contribution in [0.3, 0.4) is 0 Å². The molecular weight excluding hydrogens is 238 g/mol. The van der Waals surface area contributed by atoms with E-state index < -0.39 is 0 Å². The number of aryl methyl sites for hydroxylation is 1. The van der Waals surface area contributed by atoms with Crippen LogP contribution in [-0.4, -0.2) is 29.2 Å². The molecule has 0 aromatic carbocycles. The van der Waals surface area contributed by atoms with Gasteiger partial charge in [0.25, 0.3) is 0 Å². The number of anilines is 1. The molecule has 3 rings (SSSR count). The van der Waals surface area contributed by atoms with Crippen LogP contribution in [0.15, 0.2) is 0 Å². The molecule has 0 spiro atoms. The fourth-order valence-electron chi connectivity index (χ4n) is 3.56. The maximum Gasteiger partial charge on any atom is 0.136 e. The first-order chi connectivity index (χ1) is 9.10. The SMILES string of the molecule is CNc1nc(C2CC3CCC2O3)nc(C)c1C(C)C. The van der Waals surface area contributed by atoms with Gasteiger partial charge in [-0.3, -0.25) is 0 Å². The van der Waals surface area contributed by atoms with Gasteiger partial charge in [-0.2, -0.15) is 0 Å². The molecule has 3 heterocycles. The van der Waals surface area contributed by atoms with Gasteiger partial charge in [0, 0.05) is 24.2 Å². The van der Waals surface area contributed by atoms with Gasteiger partial charge in [0.15, 0.2) is 0 Å². The summed E-state index contributed by atoms with van der Waals surface area (Å²) in [7, 11) is 1.94. The summed E-state index contributed by atoms with van der Waals surface area (Å²) in [4.78, 5) is 9.54. The zero-order chi connectivity index (χ0) is 13.6. The summed E-state index contributed by atoms with van der Waals surface area (Å²) < 4.78 is 5.93. The number of hydrogen-bond acceptors (Lipinski definition) is 4. The number of fused-ring (bicyclic) bond motifs is 2. The lowest BCUT2D eigenvalue weighted by Gasteiger charge is -2.21. The second-order valence-corrected chi connectivity index (χ2v) is 6.05. The van der Waals surface area contributed by atoms with Crippen LogP contribution in [0.4, 0.5) is 5.82 Å². The number of nitrogens with one attached hydrogen (secondary N) is 1. The molecule has 4 nitrogen and oxygen atoms in total. The van der Waals surface area contributed by atoms with Crippen LogP contribution in [0.1, 0.15) is 62.0 Å². The van der Waals surface area contributed by atoms with Crippen molar-refractivity contribution in [2.45, 2.75) is 64.1 Å². The molecule has 0 amide bonds. The molecule has 2 aliphatic rings. The molecule has 0 aliphatic carbocycles. The first-order valence-corrected chi connectivity index (χ1v) is 7.31. The van der Waals surface area contributed by atoms with E-state index in [0.29, 0.717) is 24.0 Å². The van der Waals surface area contributed by atoms with E-state index in [1.165, 1.54) is 18.4 Å². The van der Waals surface area contributed by atoms with E-state index in [4.69, 9.17) is 14.7 Å². The normalized spacial score (nSPS) is 29.2. The smallest absolute Gasteiger partial charge is 0.136 e. The van der Waals surface area contributed by atoms with Gasteiger partial charge in [0.05, 0.1) is 12.2 Å². The summed E-state index contributed by atoms with van der Waals surface area (Å²) in [5.41, 5.74) is 2.34. The Morgan fingerprint density at radius 1 is 1.26 bits per heavy atom. The van der Waals surface area contributed by atoms with Crippen molar-refractivity contribution in [3.05, 3.63) is 17.1 Å². The van der Waals surface area contributed by atoms with Gasteiger partial charge >= 0.3 is 0 Å². The van der Waals surface area contributed by atoms with Gasteiger partial charge in [0.1, 0.15) is 11.6 Å². The van der Waals surface area contributed by atoms with Crippen LogP contribution in [0.5, 0.6) is 0 Å². The van der Waals surface area contributed by atoms with E-state index in [0.717, 1.165) is 23.8 Å². The van der Waals surface area contributed by atoms with Crippen LogP contribution in [-0.2, 0) is 4.74 Å². The third-order valence-electron chi connectivity index (χ3n) is 4.41. The fraction of sp³-hybridized carbons (Fsp3) is 0.733. The second kappa shape index (κ2) is 4.75. The Morgan fingerprint density at radius 3 is 2.58 bits per heavy atom. The van der Waals surface area contributed by atoms with E-state index in [1.54, 1.807) is 0 Å².